The van der Waals surface area contributed by atoms with Crippen molar-refractivity contribution >= 4 is 11.6 Å². The number of nitrogens with one attached hydrogen (secondary N) is 1. The van der Waals surface area contributed by atoms with E-state index in [0.29, 0.717) is 11.1 Å². The molecule has 3 rings (SSSR count). The van der Waals surface area contributed by atoms with Crippen LogP contribution in [-0.2, 0) is 0 Å². The molecule has 1 atom stereocenters. The van der Waals surface area contributed by atoms with Gasteiger partial charge in [-0.25, -0.2) is 0 Å². The fraction of sp³-hybridized carbons (Fsp3) is 0.188. The first kappa shape index (κ1) is 14.1. The maximum atomic E-state index is 12.2. The number of carbonyl (C=O) groups excluding carboxylic acids is 1. The van der Waals surface area contributed by atoms with Crippen LogP contribution < -0.4 is 15.0 Å². The third kappa shape index (κ3) is 2.09. The average molecular weight is 300 g/mol. The van der Waals surface area contributed by atoms with Crippen molar-refractivity contribution in [3.05, 3.63) is 47.5 Å². The molecule has 3 N–H and O–H groups in total. The van der Waals surface area contributed by atoms with Gasteiger partial charge in [-0.1, -0.05) is 12.1 Å². The predicted octanol–water partition coefficient (Wildman–Crippen LogP) is 1.98. The van der Waals surface area contributed by atoms with Gasteiger partial charge in [-0.05, 0) is 24.3 Å². The second kappa shape index (κ2) is 5.14. The quantitative estimate of drug-likeness (QED) is 0.739. The lowest BCUT2D eigenvalue weighted by Crippen LogP contribution is -2.44. The first-order valence-corrected chi connectivity index (χ1v) is 6.75. The number of phenolic OH excluding ortho intramolecular Hbond substituents is 2. The molecule has 1 amide bonds. The van der Waals surface area contributed by atoms with Gasteiger partial charge in [0.2, 0.25) is 5.75 Å². The molecule has 0 radical (unpaired) electrons. The Morgan fingerprint density at radius 2 is 1.95 bits per heavy atom. The monoisotopic (exact) mass is 300 g/mol. The highest BCUT2D eigenvalue weighted by molar-refractivity contribution is 6.02. The van der Waals surface area contributed by atoms with Gasteiger partial charge < -0.3 is 25.2 Å². The molecule has 1 aliphatic rings. The van der Waals surface area contributed by atoms with Gasteiger partial charge in [0.1, 0.15) is 6.17 Å². The largest absolute Gasteiger partial charge is 0.504 e. The van der Waals surface area contributed by atoms with E-state index in [1.165, 1.54) is 13.2 Å². The molecule has 0 bridgehead atoms. The molecule has 0 fully saturated rings. The zero-order chi connectivity index (χ0) is 15.9. The molecule has 0 saturated heterocycles. The highest BCUT2D eigenvalue weighted by atomic mass is 16.5. The van der Waals surface area contributed by atoms with Gasteiger partial charge in [0.05, 0.1) is 18.4 Å². The van der Waals surface area contributed by atoms with Crippen LogP contribution in [0.3, 0.4) is 0 Å². The van der Waals surface area contributed by atoms with Crippen molar-refractivity contribution < 1.29 is 19.7 Å². The summed E-state index contributed by atoms with van der Waals surface area (Å²) >= 11 is 0. The Hall–Kier alpha value is -2.89. The van der Waals surface area contributed by atoms with Gasteiger partial charge in [-0.2, -0.15) is 0 Å². The Balaban J connectivity index is 2.07. The normalized spacial score (nSPS) is 16.9. The number of amides is 1. The molecule has 0 spiro atoms. The van der Waals surface area contributed by atoms with Crippen LogP contribution in [0.4, 0.5) is 5.69 Å². The third-order valence-corrected chi connectivity index (χ3v) is 3.80. The maximum Gasteiger partial charge on any atom is 0.255 e. The molecule has 1 aliphatic heterocycles. The Labute approximate surface area is 127 Å². The van der Waals surface area contributed by atoms with Gasteiger partial charge >= 0.3 is 0 Å². The number of carbonyl (C=O) groups is 1. The van der Waals surface area contributed by atoms with E-state index in [1.54, 1.807) is 12.1 Å². The van der Waals surface area contributed by atoms with E-state index in [0.717, 1.165) is 5.69 Å². The molecule has 22 heavy (non-hydrogen) atoms. The van der Waals surface area contributed by atoms with Crippen molar-refractivity contribution in [2.45, 2.75) is 6.17 Å². The predicted molar refractivity (Wildman–Crippen MR) is 81.4 cm³/mol. The van der Waals surface area contributed by atoms with Gasteiger partial charge in [0.15, 0.2) is 11.5 Å². The second-order valence-electron chi connectivity index (χ2n) is 5.09. The van der Waals surface area contributed by atoms with Gasteiger partial charge in [0.25, 0.3) is 5.91 Å². The van der Waals surface area contributed by atoms with Crippen molar-refractivity contribution in [2.75, 3.05) is 19.1 Å². The number of rotatable bonds is 2. The topological polar surface area (TPSA) is 82.0 Å². The number of para-hydroxylation sites is 1. The van der Waals surface area contributed by atoms with E-state index >= 15 is 0 Å². The zero-order valence-electron chi connectivity index (χ0n) is 12.2. The highest BCUT2D eigenvalue weighted by Crippen LogP contribution is 2.40. The van der Waals surface area contributed by atoms with Crippen LogP contribution in [0, 0.1) is 0 Å². The number of methoxy groups -OCH3 is 1. The summed E-state index contributed by atoms with van der Waals surface area (Å²) in [5, 5.41) is 22.4. The standard InChI is InChI=1S/C16H16N2O4/c1-18-11-6-4-3-5-10(11)16(21)17-15(18)9-7-12(19)14(20)13(8-9)22-2/h3-8,15,19-20H,1-2H3,(H,17,21). The zero-order valence-corrected chi connectivity index (χ0v) is 12.2. The minimum atomic E-state index is -0.470. The molecule has 6 nitrogen and oxygen atoms in total. The molecule has 0 saturated carbocycles. The molecule has 2 aromatic rings. The van der Waals surface area contributed by atoms with Crippen molar-refractivity contribution in [3.63, 3.8) is 0 Å². The molecule has 0 aliphatic carbocycles. The Morgan fingerprint density at radius 3 is 2.68 bits per heavy atom. The summed E-state index contributed by atoms with van der Waals surface area (Å²) < 4.78 is 5.05. The molecule has 6 heteroatoms. The summed E-state index contributed by atoms with van der Waals surface area (Å²) in [6.07, 6.45) is -0.470. The SMILES string of the molecule is COc1cc(C2NC(=O)c3ccccc3N2C)cc(O)c1O. The van der Waals surface area contributed by atoms with Crippen molar-refractivity contribution in [3.8, 4) is 17.2 Å². The Kier molecular flexibility index (Phi) is 3.29. The summed E-state index contributed by atoms with van der Waals surface area (Å²) in [5.74, 6) is -0.658. The number of phenols is 2. The number of anilines is 1. The van der Waals surface area contributed by atoms with Crippen LogP contribution >= 0.6 is 0 Å². The third-order valence-electron chi connectivity index (χ3n) is 3.80. The van der Waals surface area contributed by atoms with Crippen molar-refractivity contribution in [2.24, 2.45) is 0 Å². The number of nitrogens with zero attached hydrogens (tertiary/aromatic N) is 1. The van der Waals surface area contributed by atoms with Crippen LogP contribution in [0.15, 0.2) is 36.4 Å². The van der Waals surface area contributed by atoms with Crippen LogP contribution in [0.2, 0.25) is 0 Å². The minimum absolute atomic E-state index is 0.150. The lowest BCUT2D eigenvalue weighted by Gasteiger charge is -2.36. The fourth-order valence-electron chi connectivity index (χ4n) is 2.65. The summed E-state index contributed by atoms with van der Waals surface area (Å²) in [7, 11) is 3.25. The van der Waals surface area contributed by atoms with E-state index in [4.69, 9.17) is 4.74 Å². The number of hydrogen-bond donors (Lipinski definition) is 3. The number of benzene rings is 2. The van der Waals surface area contributed by atoms with E-state index in [1.807, 2.05) is 30.1 Å². The first-order valence-electron chi connectivity index (χ1n) is 6.75. The second-order valence-corrected chi connectivity index (χ2v) is 5.09. The van der Waals surface area contributed by atoms with E-state index in [2.05, 4.69) is 5.32 Å². The Morgan fingerprint density at radius 1 is 1.23 bits per heavy atom. The molecule has 0 aromatic heterocycles. The minimum Gasteiger partial charge on any atom is -0.504 e. The number of ether oxygens (including phenoxy) is 1. The van der Waals surface area contributed by atoms with Crippen LogP contribution in [0.25, 0.3) is 0 Å². The molecule has 2 aromatic carbocycles. The molecular weight excluding hydrogens is 284 g/mol. The van der Waals surface area contributed by atoms with Gasteiger partial charge in [-0.3, -0.25) is 4.79 Å². The Bertz CT molecular complexity index is 745. The van der Waals surface area contributed by atoms with Crippen molar-refractivity contribution in [1.29, 1.82) is 0 Å². The summed E-state index contributed by atoms with van der Waals surface area (Å²) in [6.45, 7) is 0. The molecule has 1 unspecified atom stereocenters. The van der Waals surface area contributed by atoms with Gasteiger partial charge in [0, 0.05) is 12.6 Å². The van der Waals surface area contributed by atoms with Crippen molar-refractivity contribution in [1.82, 2.24) is 5.32 Å². The van der Waals surface area contributed by atoms with Crippen LogP contribution in [0.5, 0.6) is 17.2 Å². The number of aromatic hydroxyl groups is 2. The first-order chi connectivity index (χ1) is 10.5. The highest BCUT2D eigenvalue weighted by Gasteiger charge is 2.30. The number of hydrogen-bond acceptors (Lipinski definition) is 5. The molecular formula is C16H16N2O4. The lowest BCUT2D eigenvalue weighted by atomic mass is 10.0. The fourth-order valence-corrected chi connectivity index (χ4v) is 2.65. The van der Waals surface area contributed by atoms with E-state index in [-0.39, 0.29) is 23.2 Å². The van der Waals surface area contributed by atoms with Gasteiger partial charge in [-0.15, -0.1) is 0 Å². The maximum absolute atomic E-state index is 12.2. The molecule has 1 heterocycles. The smallest absolute Gasteiger partial charge is 0.255 e. The lowest BCUT2D eigenvalue weighted by molar-refractivity contribution is 0.0928. The van der Waals surface area contributed by atoms with E-state index in [9.17, 15) is 15.0 Å². The van der Waals surface area contributed by atoms with E-state index < -0.39 is 6.17 Å². The summed E-state index contributed by atoms with van der Waals surface area (Å²) in [4.78, 5) is 14.1. The average Bonchev–Trinajstić information content (AvgIpc) is 2.53. The summed E-state index contributed by atoms with van der Waals surface area (Å²) in [5.41, 5.74) is 2.00. The summed E-state index contributed by atoms with van der Waals surface area (Å²) in [6, 6.07) is 10.3. The molecule has 114 valence electrons. The number of fused-ring (bicyclic) bond motifs is 1. The van der Waals surface area contributed by atoms with Crippen LogP contribution in [0.1, 0.15) is 22.1 Å². The van der Waals surface area contributed by atoms with Crippen LogP contribution in [-0.4, -0.2) is 30.3 Å².